The fraction of sp³-hybridized carbons (Fsp3) is 0.296. The predicted molar refractivity (Wildman–Crippen MR) is 151 cm³/mol. The van der Waals surface area contributed by atoms with Crippen LogP contribution >= 0.6 is 11.3 Å². The number of rotatable bonds is 8. The molecule has 1 aliphatic heterocycles. The Kier molecular flexibility index (Phi) is 7.68. The maximum atomic E-state index is 15.7. The second kappa shape index (κ2) is 11.1. The second-order valence-corrected chi connectivity index (χ2v) is 12.1. The van der Waals surface area contributed by atoms with Crippen LogP contribution in [0.2, 0.25) is 0 Å². The summed E-state index contributed by atoms with van der Waals surface area (Å²) in [5.41, 5.74) is 8.98. The van der Waals surface area contributed by atoms with Crippen molar-refractivity contribution in [1.82, 2.24) is 20.3 Å². The lowest BCUT2D eigenvalue weighted by Gasteiger charge is -2.23. The van der Waals surface area contributed by atoms with Crippen LogP contribution in [0.15, 0.2) is 54.7 Å². The Balaban J connectivity index is 1.57. The van der Waals surface area contributed by atoms with Gasteiger partial charge in [-0.2, -0.15) is 0 Å². The summed E-state index contributed by atoms with van der Waals surface area (Å²) < 4.78 is 42.8. The third-order valence-electron chi connectivity index (χ3n) is 6.49. The first-order valence-electron chi connectivity index (χ1n) is 12.5. The smallest absolute Gasteiger partial charge is 0.232 e. The van der Waals surface area contributed by atoms with Crippen molar-refractivity contribution in [3.63, 3.8) is 0 Å². The minimum Gasteiger partial charge on any atom is -0.368 e. The van der Waals surface area contributed by atoms with Crippen LogP contribution in [0.25, 0.3) is 32.4 Å². The van der Waals surface area contributed by atoms with E-state index in [0.717, 1.165) is 31.5 Å². The largest absolute Gasteiger partial charge is 0.368 e. The number of nitrogens with zero attached hydrogens (tertiary/aromatic N) is 3. The standard InChI is InChI=1S/C27H29FN6O2S2/c1-2-16-38(35,36)34-21-5-3-4-20(23(21)28)24-25(22-12-15-31-27(29)32-22)37-26(33-24)19-8-6-17(7-9-19)18-10-13-30-14-11-18/h3-9,12,15,18,30,34H,2,10-11,13-14,16H2,1H3,(H2,29,31,32). The van der Waals surface area contributed by atoms with Crippen molar-refractivity contribution < 1.29 is 12.8 Å². The molecule has 0 bridgehead atoms. The van der Waals surface area contributed by atoms with Gasteiger partial charge in [-0.25, -0.2) is 27.8 Å². The highest BCUT2D eigenvalue weighted by Gasteiger charge is 2.23. The summed E-state index contributed by atoms with van der Waals surface area (Å²) in [5.74, 6) is -0.175. The molecule has 0 saturated carbocycles. The van der Waals surface area contributed by atoms with Gasteiger partial charge in [0, 0.05) is 17.3 Å². The molecule has 0 radical (unpaired) electrons. The number of hydrogen-bond acceptors (Lipinski definition) is 8. The summed E-state index contributed by atoms with van der Waals surface area (Å²) in [6.07, 6.45) is 4.18. The van der Waals surface area contributed by atoms with E-state index in [2.05, 4.69) is 32.1 Å². The molecule has 3 heterocycles. The van der Waals surface area contributed by atoms with Crippen molar-refractivity contribution in [2.24, 2.45) is 0 Å². The summed E-state index contributed by atoms with van der Waals surface area (Å²) >= 11 is 1.37. The number of benzene rings is 2. The molecule has 2 aromatic heterocycles. The summed E-state index contributed by atoms with van der Waals surface area (Å²) in [4.78, 5) is 13.8. The lowest BCUT2D eigenvalue weighted by molar-refractivity contribution is 0.460. The molecule has 1 aliphatic rings. The van der Waals surface area contributed by atoms with Crippen LogP contribution < -0.4 is 15.8 Å². The highest BCUT2D eigenvalue weighted by molar-refractivity contribution is 7.92. The Bertz CT molecular complexity index is 1530. The van der Waals surface area contributed by atoms with Gasteiger partial charge in [-0.3, -0.25) is 4.72 Å². The van der Waals surface area contributed by atoms with E-state index in [1.807, 2.05) is 12.1 Å². The Morgan fingerprint density at radius 3 is 2.58 bits per heavy atom. The SMILES string of the molecule is CCCS(=O)(=O)Nc1cccc(-c2nc(-c3ccc(C4CCNCC4)cc3)sc2-c2ccnc(N)n2)c1F. The first-order chi connectivity index (χ1) is 18.3. The zero-order valence-electron chi connectivity index (χ0n) is 20.9. The molecule has 1 fully saturated rings. The Hall–Kier alpha value is -3.41. The molecule has 0 atom stereocenters. The highest BCUT2D eigenvalue weighted by Crippen LogP contribution is 2.42. The fourth-order valence-electron chi connectivity index (χ4n) is 4.63. The fourth-order valence-corrected chi connectivity index (χ4v) is 6.82. The summed E-state index contributed by atoms with van der Waals surface area (Å²) in [5, 5.41) is 4.09. The predicted octanol–water partition coefficient (Wildman–Crippen LogP) is 5.27. The third kappa shape index (κ3) is 5.69. The topological polar surface area (TPSA) is 123 Å². The molecule has 0 spiro atoms. The van der Waals surface area contributed by atoms with Gasteiger partial charge in [-0.05, 0) is 62.0 Å². The summed E-state index contributed by atoms with van der Waals surface area (Å²) in [7, 11) is -3.67. The molecule has 4 N–H and O–H groups in total. The van der Waals surface area contributed by atoms with Gasteiger partial charge in [0.25, 0.3) is 0 Å². The van der Waals surface area contributed by atoms with Crippen LogP contribution in [-0.4, -0.2) is 42.2 Å². The number of aromatic nitrogens is 3. The van der Waals surface area contributed by atoms with Crippen LogP contribution in [0.5, 0.6) is 0 Å². The van der Waals surface area contributed by atoms with Crippen LogP contribution in [0.3, 0.4) is 0 Å². The third-order valence-corrected chi connectivity index (χ3v) is 9.10. The number of anilines is 2. The monoisotopic (exact) mass is 552 g/mol. The van der Waals surface area contributed by atoms with Gasteiger partial charge >= 0.3 is 0 Å². The Labute approximate surface area is 225 Å². The van der Waals surface area contributed by atoms with Gasteiger partial charge in [0.2, 0.25) is 16.0 Å². The number of halogens is 1. The van der Waals surface area contributed by atoms with Gasteiger partial charge in [0.05, 0.1) is 27.7 Å². The molecule has 0 aliphatic carbocycles. The average molecular weight is 553 g/mol. The van der Waals surface area contributed by atoms with Gasteiger partial charge in [0.1, 0.15) is 5.01 Å². The highest BCUT2D eigenvalue weighted by atomic mass is 32.2. The van der Waals surface area contributed by atoms with Gasteiger partial charge < -0.3 is 11.1 Å². The van der Waals surface area contributed by atoms with Gasteiger partial charge in [-0.1, -0.05) is 37.3 Å². The van der Waals surface area contributed by atoms with E-state index in [9.17, 15) is 8.42 Å². The number of nitrogen functional groups attached to an aromatic ring is 1. The lowest BCUT2D eigenvalue weighted by Crippen LogP contribution is -2.26. The molecule has 0 amide bonds. The van der Waals surface area contributed by atoms with Gasteiger partial charge in [0.15, 0.2) is 5.82 Å². The molecule has 0 unspecified atom stereocenters. The second-order valence-electron chi connectivity index (χ2n) is 9.23. The van der Waals surface area contributed by atoms with Crippen molar-refractivity contribution >= 4 is 33.0 Å². The molecule has 198 valence electrons. The van der Waals surface area contributed by atoms with E-state index in [0.29, 0.717) is 33.6 Å². The van der Waals surface area contributed by atoms with E-state index in [-0.39, 0.29) is 23.0 Å². The molecular formula is C27H29FN6O2S2. The van der Waals surface area contributed by atoms with Crippen LogP contribution in [0.4, 0.5) is 16.0 Å². The number of thiazole rings is 1. The zero-order valence-corrected chi connectivity index (χ0v) is 22.6. The molecular weight excluding hydrogens is 523 g/mol. The maximum Gasteiger partial charge on any atom is 0.232 e. The average Bonchev–Trinajstić information content (AvgIpc) is 3.36. The number of piperidine rings is 1. The molecule has 38 heavy (non-hydrogen) atoms. The number of sulfonamides is 1. The van der Waals surface area contributed by atoms with Gasteiger partial charge in [-0.15, -0.1) is 11.3 Å². The Morgan fingerprint density at radius 1 is 1.11 bits per heavy atom. The first-order valence-corrected chi connectivity index (χ1v) is 15.0. The van der Waals surface area contributed by atoms with Crippen LogP contribution in [-0.2, 0) is 10.0 Å². The Morgan fingerprint density at radius 2 is 1.87 bits per heavy atom. The maximum absolute atomic E-state index is 15.7. The van der Waals surface area contributed by atoms with E-state index in [1.54, 1.807) is 31.3 Å². The minimum atomic E-state index is -3.67. The van der Waals surface area contributed by atoms with Crippen molar-refractivity contribution in [3.05, 3.63) is 66.1 Å². The quantitative estimate of drug-likeness (QED) is 0.272. The lowest BCUT2D eigenvalue weighted by atomic mass is 9.90. The van der Waals surface area contributed by atoms with Crippen molar-refractivity contribution in [3.8, 4) is 32.4 Å². The number of nitrogens with one attached hydrogen (secondary N) is 2. The first kappa shape index (κ1) is 26.2. The van der Waals surface area contributed by atoms with E-state index in [1.165, 1.54) is 23.0 Å². The van der Waals surface area contributed by atoms with E-state index >= 15 is 4.39 Å². The van der Waals surface area contributed by atoms with Crippen molar-refractivity contribution in [2.75, 3.05) is 29.3 Å². The van der Waals surface area contributed by atoms with Crippen molar-refractivity contribution in [1.29, 1.82) is 0 Å². The minimum absolute atomic E-state index is 0.0938. The zero-order chi connectivity index (χ0) is 26.7. The molecule has 5 rings (SSSR count). The number of hydrogen-bond donors (Lipinski definition) is 3. The molecule has 2 aromatic carbocycles. The molecule has 1 saturated heterocycles. The van der Waals surface area contributed by atoms with Crippen LogP contribution in [0.1, 0.15) is 37.7 Å². The van der Waals surface area contributed by atoms with E-state index < -0.39 is 15.8 Å². The molecule has 8 nitrogen and oxygen atoms in total. The van der Waals surface area contributed by atoms with E-state index in [4.69, 9.17) is 10.7 Å². The summed E-state index contributed by atoms with van der Waals surface area (Å²) in [6, 6.07) is 14.7. The molecule has 4 aromatic rings. The number of nitrogens with two attached hydrogens (primary N) is 1. The van der Waals surface area contributed by atoms with Crippen LogP contribution in [0, 0.1) is 5.82 Å². The molecule has 11 heteroatoms. The normalized spacial score (nSPS) is 14.5. The summed E-state index contributed by atoms with van der Waals surface area (Å²) in [6.45, 7) is 3.79. The van der Waals surface area contributed by atoms with Crippen molar-refractivity contribution in [2.45, 2.75) is 32.1 Å².